The molecule has 0 aliphatic carbocycles. The van der Waals surface area contributed by atoms with E-state index < -0.39 is 12.8 Å². The van der Waals surface area contributed by atoms with Crippen LogP contribution in [0.15, 0.2) is 41.0 Å². The summed E-state index contributed by atoms with van der Waals surface area (Å²) < 4.78 is 45.6. The van der Waals surface area contributed by atoms with Crippen molar-refractivity contribution in [3.05, 3.63) is 47.9 Å². The Labute approximate surface area is 118 Å². The maximum absolute atomic E-state index is 12.0. The summed E-state index contributed by atoms with van der Waals surface area (Å²) in [7, 11) is 0. The molecule has 1 heterocycles. The SMILES string of the molecule is Cc1occc1C(=O)Nc1ccc(OCC(F)(F)F)cc1. The van der Waals surface area contributed by atoms with Gasteiger partial charge in [-0.25, -0.2) is 0 Å². The van der Waals surface area contributed by atoms with Crippen molar-refractivity contribution in [1.29, 1.82) is 0 Å². The number of carbonyl (C=O) groups is 1. The van der Waals surface area contributed by atoms with E-state index in [-0.39, 0.29) is 11.7 Å². The molecule has 0 aliphatic heterocycles. The number of nitrogens with one attached hydrogen (secondary N) is 1. The van der Waals surface area contributed by atoms with E-state index in [0.717, 1.165) is 0 Å². The highest BCUT2D eigenvalue weighted by Crippen LogP contribution is 2.21. The summed E-state index contributed by atoms with van der Waals surface area (Å²) in [5.41, 5.74) is 0.840. The normalized spacial score (nSPS) is 11.2. The van der Waals surface area contributed by atoms with Crippen LogP contribution in [0.2, 0.25) is 0 Å². The van der Waals surface area contributed by atoms with Gasteiger partial charge in [0, 0.05) is 5.69 Å². The van der Waals surface area contributed by atoms with Crippen LogP contribution in [0.1, 0.15) is 16.1 Å². The third-order valence-electron chi connectivity index (χ3n) is 2.62. The zero-order chi connectivity index (χ0) is 15.5. The van der Waals surface area contributed by atoms with Crippen molar-refractivity contribution in [2.75, 3.05) is 11.9 Å². The average molecular weight is 299 g/mol. The van der Waals surface area contributed by atoms with Gasteiger partial charge in [-0.1, -0.05) is 0 Å². The maximum Gasteiger partial charge on any atom is 0.422 e. The molecular weight excluding hydrogens is 287 g/mol. The van der Waals surface area contributed by atoms with Crippen LogP contribution in [-0.2, 0) is 0 Å². The number of anilines is 1. The largest absolute Gasteiger partial charge is 0.484 e. The number of amides is 1. The highest BCUT2D eigenvalue weighted by atomic mass is 19.4. The molecule has 0 spiro atoms. The van der Waals surface area contributed by atoms with Crippen LogP contribution in [0.3, 0.4) is 0 Å². The molecule has 1 N–H and O–H groups in total. The lowest BCUT2D eigenvalue weighted by molar-refractivity contribution is -0.153. The fraction of sp³-hybridized carbons (Fsp3) is 0.214. The summed E-state index contributed by atoms with van der Waals surface area (Å²) in [4.78, 5) is 11.9. The van der Waals surface area contributed by atoms with Gasteiger partial charge in [-0.2, -0.15) is 13.2 Å². The summed E-state index contributed by atoms with van der Waals surface area (Å²) in [5, 5.41) is 2.61. The molecule has 0 saturated heterocycles. The third kappa shape index (κ3) is 4.27. The lowest BCUT2D eigenvalue weighted by Crippen LogP contribution is -2.19. The Morgan fingerprint density at radius 1 is 1.24 bits per heavy atom. The van der Waals surface area contributed by atoms with Crippen LogP contribution in [0.25, 0.3) is 0 Å². The van der Waals surface area contributed by atoms with Crippen molar-refractivity contribution in [1.82, 2.24) is 0 Å². The minimum absolute atomic E-state index is 0.0739. The zero-order valence-electron chi connectivity index (χ0n) is 11.0. The second-order valence-corrected chi connectivity index (χ2v) is 4.27. The molecule has 21 heavy (non-hydrogen) atoms. The molecule has 2 rings (SSSR count). The molecule has 1 aromatic heterocycles. The Morgan fingerprint density at radius 3 is 2.43 bits per heavy atom. The number of alkyl halides is 3. The van der Waals surface area contributed by atoms with E-state index in [2.05, 4.69) is 10.1 Å². The number of rotatable bonds is 4. The van der Waals surface area contributed by atoms with Crippen LogP contribution >= 0.6 is 0 Å². The van der Waals surface area contributed by atoms with Gasteiger partial charge in [-0.05, 0) is 37.3 Å². The molecule has 0 atom stereocenters. The zero-order valence-corrected chi connectivity index (χ0v) is 11.0. The first-order chi connectivity index (χ1) is 9.85. The first-order valence-electron chi connectivity index (χ1n) is 6.00. The van der Waals surface area contributed by atoms with E-state index in [1.807, 2.05) is 0 Å². The van der Waals surface area contributed by atoms with Gasteiger partial charge < -0.3 is 14.5 Å². The first-order valence-corrected chi connectivity index (χ1v) is 6.00. The van der Waals surface area contributed by atoms with E-state index in [1.54, 1.807) is 6.92 Å². The molecule has 0 aliphatic rings. The minimum Gasteiger partial charge on any atom is -0.484 e. The molecule has 0 fully saturated rings. The van der Waals surface area contributed by atoms with E-state index in [4.69, 9.17) is 4.42 Å². The Morgan fingerprint density at radius 2 is 1.90 bits per heavy atom. The Kier molecular flexibility index (Phi) is 4.21. The fourth-order valence-electron chi connectivity index (χ4n) is 1.62. The van der Waals surface area contributed by atoms with Crippen LogP contribution in [0, 0.1) is 6.92 Å². The third-order valence-corrected chi connectivity index (χ3v) is 2.62. The summed E-state index contributed by atoms with van der Waals surface area (Å²) in [6.07, 6.45) is -2.98. The van der Waals surface area contributed by atoms with Gasteiger partial charge in [0.25, 0.3) is 5.91 Å². The molecule has 1 amide bonds. The van der Waals surface area contributed by atoms with Gasteiger partial charge in [-0.3, -0.25) is 4.79 Å². The van der Waals surface area contributed by atoms with Crippen LogP contribution < -0.4 is 10.1 Å². The van der Waals surface area contributed by atoms with Crippen molar-refractivity contribution < 1.29 is 27.1 Å². The van der Waals surface area contributed by atoms with Crippen LogP contribution in [0.5, 0.6) is 5.75 Å². The molecule has 0 radical (unpaired) electrons. The lowest BCUT2D eigenvalue weighted by Gasteiger charge is -2.10. The maximum atomic E-state index is 12.0. The van der Waals surface area contributed by atoms with Crippen molar-refractivity contribution in [2.45, 2.75) is 13.1 Å². The van der Waals surface area contributed by atoms with Gasteiger partial charge in [-0.15, -0.1) is 0 Å². The van der Waals surface area contributed by atoms with Gasteiger partial charge in [0.15, 0.2) is 6.61 Å². The number of ether oxygens (including phenoxy) is 1. The van der Waals surface area contributed by atoms with Crippen LogP contribution in [-0.4, -0.2) is 18.7 Å². The summed E-state index contributed by atoms with van der Waals surface area (Å²) in [5.74, 6) is 0.202. The highest BCUT2D eigenvalue weighted by Gasteiger charge is 2.28. The molecule has 2 aromatic rings. The summed E-state index contributed by atoms with van der Waals surface area (Å²) in [6.45, 7) is 0.301. The van der Waals surface area contributed by atoms with Gasteiger partial charge in [0.1, 0.15) is 11.5 Å². The number of aryl methyl sites for hydroxylation is 1. The van der Waals surface area contributed by atoms with E-state index in [1.165, 1.54) is 36.6 Å². The predicted octanol–water partition coefficient (Wildman–Crippen LogP) is 3.78. The fourth-order valence-corrected chi connectivity index (χ4v) is 1.62. The monoisotopic (exact) mass is 299 g/mol. The molecular formula is C14H12F3NO3. The first kappa shape index (κ1) is 15.0. The Balaban J connectivity index is 1.96. The predicted molar refractivity (Wildman–Crippen MR) is 69.4 cm³/mol. The molecule has 1 aromatic carbocycles. The number of hydrogen-bond donors (Lipinski definition) is 1. The molecule has 112 valence electrons. The Hall–Kier alpha value is -2.44. The molecule has 0 bridgehead atoms. The number of carbonyl (C=O) groups excluding carboxylic acids is 1. The summed E-state index contributed by atoms with van der Waals surface area (Å²) in [6, 6.07) is 7.15. The quantitative estimate of drug-likeness (QED) is 0.934. The smallest absolute Gasteiger partial charge is 0.422 e. The van der Waals surface area contributed by atoms with Gasteiger partial charge in [0.05, 0.1) is 11.8 Å². The van der Waals surface area contributed by atoms with Crippen LogP contribution in [0.4, 0.5) is 18.9 Å². The number of hydrogen-bond acceptors (Lipinski definition) is 3. The van der Waals surface area contributed by atoms with E-state index >= 15 is 0 Å². The second-order valence-electron chi connectivity index (χ2n) is 4.27. The van der Waals surface area contributed by atoms with E-state index in [0.29, 0.717) is 17.0 Å². The topological polar surface area (TPSA) is 51.5 Å². The number of furan rings is 1. The second kappa shape index (κ2) is 5.90. The van der Waals surface area contributed by atoms with E-state index in [9.17, 15) is 18.0 Å². The molecule has 7 heteroatoms. The summed E-state index contributed by atoms with van der Waals surface area (Å²) >= 11 is 0. The molecule has 0 unspecified atom stereocenters. The Bertz CT molecular complexity index is 617. The van der Waals surface area contributed by atoms with Gasteiger partial charge >= 0.3 is 6.18 Å². The number of benzene rings is 1. The van der Waals surface area contributed by atoms with Crippen molar-refractivity contribution in [3.8, 4) is 5.75 Å². The average Bonchev–Trinajstić information content (AvgIpc) is 2.83. The molecule has 0 saturated carbocycles. The van der Waals surface area contributed by atoms with Crippen molar-refractivity contribution >= 4 is 11.6 Å². The van der Waals surface area contributed by atoms with Crippen molar-refractivity contribution in [3.63, 3.8) is 0 Å². The lowest BCUT2D eigenvalue weighted by atomic mass is 10.2. The highest BCUT2D eigenvalue weighted by molar-refractivity contribution is 6.04. The van der Waals surface area contributed by atoms with Gasteiger partial charge in [0.2, 0.25) is 0 Å². The minimum atomic E-state index is -4.38. The molecule has 4 nitrogen and oxygen atoms in total. The number of halogens is 3. The van der Waals surface area contributed by atoms with Crippen molar-refractivity contribution in [2.24, 2.45) is 0 Å². The standard InChI is InChI=1S/C14H12F3NO3/c1-9-12(6-7-20-9)13(19)18-10-2-4-11(5-3-10)21-8-14(15,16)17/h2-7H,8H2,1H3,(H,18,19).